The molecule has 1 aliphatic heterocycles. The van der Waals surface area contributed by atoms with Crippen molar-refractivity contribution in [1.82, 2.24) is 15.0 Å². The van der Waals surface area contributed by atoms with E-state index in [-0.39, 0.29) is 18.2 Å². The summed E-state index contributed by atoms with van der Waals surface area (Å²) in [7, 11) is 0. The number of carboxylic acid groups (broad SMARTS) is 1. The fourth-order valence-electron chi connectivity index (χ4n) is 3.35. The number of ether oxygens (including phenoxy) is 1. The zero-order valence-electron chi connectivity index (χ0n) is 16.0. The molecule has 28 heavy (non-hydrogen) atoms. The Morgan fingerprint density at radius 3 is 2.61 bits per heavy atom. The molecule has 1 aromatic heterocycles. The van der Waals surface area contributed by atoms with E-state index >= 15 is 0 Å². The number of carbonyl (C=O) groups excluding carboxylic acids is 1. The van der Waals surface area contributed by atoms with Crippen LogP contribution in [0.5, 0.6) is 5.75 Å². The van der Waals surface area contributed by atoms with Gasteiger partial charge in [-0.2, -0.15) is 4.98 Å². The number of benzene rings is 1. The van der Waals surface area contributed by atoms with Crippen molar-refractivity contribution in [1.29, 1.82) is 0 Å². The van der Waals surface area contributed by atoms with Crippen LogP contribution in [0.25, 0.3) is 11.4 Å². The first-order valence-electron chi connectivity index (χ1n) is 9.60. The number of hydrogen-bond donors (Lipinski definition) is 1. The summed E-state index contributed by atoms with van der Waals surface area (Å²) in [6.07, 6.45) is 2.34. The molecule has 8 nitrogen and oxygen atoms in total. The lowest BCUT2D eigenvalue weighted by molar-refractivity contribution is -0.138. The van der Waals surface area contributed by atoms with E-state index in [1.165, 1.54) is 0 Å². The molecule has 0 spiro atoms. The van der Waals surface area contributed by atoms with Gasteiger partial charge in [-0.1, -0.05) is 5.16 Å². The van der Waals surface area contributed by atoms with Gasteiger partial charge in [0.05, 0.1) is 6.61 Å². The highest BCUT2D eigenvalue weighted by Crippen LogP contribution is 2.22. The lowest BCUT2D eigenvalue weighted by Crippen LogP contribution is -2.39. The molecule has 0 atom stereocenters. The van der Waals surface area contributed by atoms with Crippen molar-refractivity contribution in [3.05, 3.63) is 30.2 Å². The SMILES string of the molecule is CCOc1ccc(-c2noc(CCC(=O)N3CCC(CC(=O)O)CC3)n2)cc1. The maximum absolute atomic E-state index is 12.4. The number of likely N-dealkylation sites (tertiary alicyclic amines) is 1. The first kappa shape index (κ1) is 19.9. The number of hydrogen-bond acceptors (Lipinski definition) is 6. The summed E-state index contributed by atoms with van der Waals surface area (Å²) in [5.41, 5.74) is 0.824. The fraction of sp³-hybridized carbons (Fsp3) is 0.500. The number of aliphatic carboxylic acids is 1. The maximum atomic E-state index is 12.4. The number of aromatic nitrogens is 2. The zero-order valence-corrected chi connectivity index (χ0v) is 16.0. The molecular formula is C20H25N3O5. The van der Waals surface area contributed by atoms with Crippen LogP contribution in [0, 0.1) is 5.92 Å². The first-order chi connectivity index (χ1) is 13.5. The van der Waals surface area contributed by atoms with Crippen molar-refractivity contribution in [2.24, 2.45) is 5.92 Å². The standard InChI is InChI=1S/C20H25N3O5/c1-2-27-16-5-3-15(4-6-16)20-21-17(28-22-20)7-8-18(24)23-11-9-14(10-12-23)13-19(25)26/h3-6,14H,2,7-13H2,1H3,(H,25,26). The quantitative estimate of drug-likeness (QED) is 0.742. The Labute approximate surface area is 163 Å². The lowest BCUT2D eigenvalue weighted by atomic mass is 9.93. The van der Waals surface area contributed by atoms with Gasteiger partial charge < -0.3 is 19.3 Å². The third-order valence-corrected chi connectivity index (χ3v) is 4.87. The topological polar surface area (TPSA) is 106 Å². The van der Waals surface area contributed by atoms with E-state index in [2.05, 4.69) is 10.1 Å². The number of carboxylic acids is 1. The third kappa shape index (κ3) is 5.31. The van der Waals surface area contributed by atoms with Crippen molar-refractivity contribution in [2.45, 2.75) is 39.0 Å². The summed E-state index contributed by atoms with van der Waals surface area (Å²) in [4.78, 5) is 29.3. The molecule has 3 rings (SSSR count). The van der Waals surface area contributed by atoms with E-state index in [0.717, 1.165) is 24.2 Å². The summed E-state index contributed by atoms with van der Waals surface area (Å²) in [6.45, 7) is 3.76. The molecule has 0 radical (unpaired) electrons. The molecular weight excluding hydrogens is 362 g/mol. The predicted molar refractivity (Wildman–Crippen MR) is 101 cm³/mol. The summed E-state index contributed by atoms with van der Waals surface area (Å²) < 4.78 is 10.7. The van der Waals surface area contributed by atoms with Crippen LogP contribution >= 0.6 is 0 Å². The van der Waals surface area contributed by atoms with Gasteiger partial charge in [0.25, 0.3) is 0 Å². The fourth-order valence-corrected chi connectivity index (χ4v) is 3.35. The minimum Gasteiger partial charge on any atom is -0.494 e. The van der Waals surface area contributed by atoms with Gasteiger partial charge in [0.1, 0.15) is 5.75 Å². The average molecular weight is 387 g/mol. The molecule has 1 amide bonds. The molecule has 1 N–H and O–H groups in total. The van der Waals surface area contributed by atoms with Crippen LogP contribution in [0.3, 0.4) is 0 Å². The van der Waals surface area contributed by atoms with E-state index in [0.29, 0.717) is 44.3 Å². The molecule has 2 heterocycles. The van der Waals surface area contributed by atoms with E-state index in [9.17, 15) is 9.59 Å². The Bertz CT molecular complexity index is 794. The summed E-state index contributed by atoms with van der Waals surface area (Å²) >= 11 is 0. The Hall–Kier alpha value is -2.90. The minimum absolute atomic E-state index is 0.0367. The monoisotopic (exact) mass is 387 g/mol. The second-order valence-electron chi connectivity index (χ2n) is 6.89. The van der Waals surface area contributed by atoms with Gasteiger partial charge in [-0.25, -0.2) is 0 Å². The molecule has 150 valence electrons. The Balaban J connectivity index is 1.48. The molecule has 0 bridgehead atoms. The van der Waals surface area contributed by atoms with Crippen LogP contribution in [-0.2, 0) is 16.0 Å². The van der Waals surface area contributed by atoms with Gasteiger partial charge in [-0.3, -0.25) is 9.59 Å². The van der Waals surface area contributed by atoms with Gasteiger partial charge in [-0.05, 0) is 49.9 Å². The average Bonchev–Trinajstić information content (AvgIpc) is 3.16. The molecule has 1 aliphatic rings. The van der Waals surface area contributed by atoms with Crippen molar-refractivity contribution in [3.63, 3.8) is 0 Å². The van der Waals surface area contributed by atoms with Crippen LogP contribution in [0.1, 0.15) is 38.5 Å². The van der Waals surface area contributed by atoms with Crippen molar-refractivity contribution >= 4 is 11.9 Å². The van der Waals surface area contributed by atoms with Crippen molar-refractivity contribution in [3.8, 4) is 17.1 Å². The van der Waals surface area contributed by atoms with Crippen molar-refractivity contribution in [2.75, 3.05) is 19.7 Å². The van der Waals surface area contributed by atoms with Crippen LogP contribution in [0.15, 0.2) is 28.8 Å². The van der Waals surface area contributed by atoms with E-state index in [1.807, 2.05) is 31.2 Å². The first-order valence-corrected chi connectivity index (χ1v) is 9.60. The highest BCUT2D eigenvalue weighted by atomic mass is 16.5. The largest absolute Gasteiger partial charge is 0.494 e. The normalized spacial score (nSPS) is 14.8. The smallest absolute Gasteiger partial charge is 0.303 e. The summed E-state index contributed by atoms with van der Waals surface area (Å²) in [6, 6.07) is 7.44. The Morgan fingerprint density at radius 2 is 1.96 bits per heavy atom. The minimum atomic E-state index is -0.774. The van der Waals surface area contributed by atoms with Crippen LogP contribution in [0.2, 0.25) is 0 Å². The van der Waals surface area contributed by atoms with E-state index in [4.69, 9.17) is 14.4 Å². The van der Waals surface area contributed by atoms with E-state index in [1.54, 1.807) is 4.90 Å². The number of rotatable bonds is 8. The second-order valence-corrected chi connectivity index (χ2v) is 6.89. The highest BCUT2D eigenvalue weighted by Gasteiger charge is 2.24. The van der Waals surface area contributed by atoms with Gasteiger partial charge in [0.15, 0.2) is 0 Å². The molecule has 2 aromatic rings. The Kier molecular flexibility index (Phi) is 6.62. The van der Waals surface area contributed by atoms with Gasteiger partial charge >= 0.3 is 5.97 Å². The molecule has 0 unspecified atom stereocenters. The highest BCUT2D eigenvalue weighted by molar-refractivity contribution is 5.76. The molecule has 1 aromatic carbocycles. The third-order valence-electron chi connectivity index (χ3n) is 4.87. The van der Waals surface area contributed by atoms with Crippen LogP contribution < -0.4 is 4.74 Å². The number of piperidine rings is 1. The number of amides is 1. The van der Waals surface area contributed by atoms with Crippen LogP contribution in [-0.4, -0.2) is 51.7 Å². The molecule has 1 fully saturated rings. The predicted octanol–water partition coefficient (Wildman–Crippen LogP) is 2.78. The van der Waals surface area contributed by atoms with Crippen molar-refractivity contribution < 1.29 is 24.0 Å². The molecule has 8 heteroatoms. The lowest BCUT2D eigenvalue weighted by Gasteiger charge is -2.31. The molecule has 1 saturated heterocycles. The molecule has 0 saturated carbocycles. The number of carbonyl (C=O) groups is 2. The molecule has 0 aliphatic carbocycles. The van der Waals surface area contributed by atoms with Gasteiger partial charge in [0, 0.05) is 37.9 Å². The zero-order chi connectivity index (χ0) is 19.9. The van der Waals surface area contributed by atoms with Gasteiger partial charge in [-0.15, -0.1) is 0 Å². The second kappa shape index (κ2) is 9.34. The summed E-state index contributed by atoms with van der Waals surface area (Å²) in [5.74, 6) is 1.12. The van der Waals surface area contributed by atoms with Crippen LogP contribution in [0.4, 0.5) is 0 Å². The number of nitrogens with zero attached hydrogens (tertiary/aromatic N) is 3. The van der Waals surface area contributed by atoms with Gasteiger partial charge in [0.2, 0.25) is 17.6 Å². The Morgan fingerprint density at radius 1 is 1.25 bits per heavy atom. The van der Waals surface area contributed by atoms with E-state index < -0.39 is 5.97 Å². The maximum Gasteiger partial charge on any atom is 0.303 e. The number of aryl methyl sites for hydroxylation is 1. The summed E-state index contributed by atoms with van der Waals surface area (Å²) in [5, 5.41) is 12.8.